The third-order valence-corrected chi connectivity index (χ3v) is 3.29. The summed E-state index contributed by atoms with van der Waals surface area (Å²) in [7, 11) is 0. The molecule has 0 aliphatic carbocycles. The van der Waals surface area contributed by atoms with Crippen LogP contribution in [0.3, 0.4) is 0 Å². The predicted molar refractivity (Wildman–Crippen MR) is 88.0 cm³/mol. The summed E-state index contributed by atoms with van der Waals surface area (Å²) < 4.78 is 1.93. The fraction of sp³-hybridized carbons (Fsp3) is 0.250. The summed E-state index contributed by atoms with van der Waals surface area (Å²) in [5.41, 5.74) is 9.03. The normalized spacial score (nSPS) is 11.6. The molecule has 3 rings (SSSR count). The first-order chi connectivity index (χ1) is 10.4. The Morgan fingerprint density at radius 1 is 1.18 bits per heavy atom. The van der Waals surface area contributed by atoms with Crippen molar-refractivity contribution in [3.63, 3.8) is 0 Å². The van der Waals surface area contributed by atoms with Gasteiger partial charge in [-0.1, -0.05) is 0 Å². The Kier molecular flexibility index (Phi) is 3.36. The average Bonchev–Trinajstić information content (AvgIpc) is 2.93. The molecule has 0 aliphatic heterocycles. The Morgan fingerprint density at radius 2 is 2.00 bits per heavy atom. The van der Waals surface area contributed by atoms with E-state index in [0.717, 1.165) is 22.5 Å². The minimum Gasteiger partial charge on any atom is -0.368 e. The monoisotopic (exact) mass is 296 g/mol. The lowest BCUT2D eigenvalue weighted by Crippen LogP contribution is -2.22. The van der Waals surface area contributed by atoms with Crippen molar-refractivity contribution in [3.8, 4) is 22.5 Å². The van der Waals surface area contributed by atoms with E-state index in [1.165, 1.54) is 0 Å². The lowest BCUT2D eigenvalue weighted by atomic mass is 10.1. The average molecular weight is 296 g/mol. The maximum Gasteiger partial charge on any atom is 0.220 e. The summed E-state index contributed by atoms with van der Waals surface area (Å²) >= 11 is 0. The van der Waals surface area contributed by atoms with Crippen molar-refractivity contribution in [1.29, 1.82) is 0 Å². The minimum absolute atomic E-state index is 0. The topological polar surface area (TPSA) is 82.5 Å². The number of hydrogen-bond donors (Lipinski definition) is 1. The van der Waals surface area contributed by atoms with Gasteiger partial charge in [-0.25, -0.2) is 9.97 Å². The second-order valence-electron chi connectivity index (χ2n) is 6.05. The van der Waals surface area contributed by atoms with Crippen molar-refractivity contribution < 1.29 is 1.43 Å². The molecule has 3 aromatic heterocycles. The quantitative estimate of drug-likeness (QED) is 0.786. The molecule has 0 bridgehead atoms. The van der Waals surface area contributed by atoms with Gasteiger partial charge in [0, 0.05) is 37.3 Å². The van der Waals surface area contributed by atoms with E-state index in [9.17, 15) is 0 Å². The van der Waals surface area contributed by atoms with Crippen LogP contribution in [0.4, 0.5) is 5.95 Å². The predicted octanol–water partition coefficient (Wildman–Crippen LogP) is 2.99. The molecule has 0 spiro atoms. The van der Waals surface area contributed by atoms with Crippen molar-refractivity contribution in [1.82, 2.24) is 24.7 Å². The fourth-order valence-electron chi connectivity index (χ4n) is 2.14. The molecule has 3 heterocycles. The number of pyridine rings is 1. The number of nitrogens with two attached hydrogens (primary N) is 1. The van der Waals surface area contributed by atoms with Crippen molar-refractivity contribution >= 4 is 5.95 Å². The van der Waals surface area contributed by atoms with Crippen LogP contribution in [0.1, 0.15) is 22.2 Å². The van der Waals surface area contributed by atoms with Crippen LogP contribution in [0.2, 0.25) is 0 Å². The largest absolute Gasteiger partial charge is 0.368 e. The maximum absolute atomic E-state index is 5.72. The van der Waals surface area contributed by atoms with Crippen molar-refractivity contribution in [3.05, 3.63) is 43.0 Å². The van der Waals surface area contributed by atoms with E-state index in [1.807, 2.05) is 29.1 Å². The van der Waals surface area contributed by atoms with Crippen LogP contribution in [0, 0.1) is 0 Å². The summed E-state index contributed by atoms with van der Waals surface area (Å²) in [6, 6.07) is 5.71. The first-order valence-corrected chi connectivity index (χ1v) is 7.04. The van der Waals surface area contributed by atoms with Gasteiger partial charge in [0.25, 0.3) is 0 Å². The molecule has 2 N–H and O–H groups in total. The van der Waals surface area contributed by atoms with E-state index in [2.05, 4.69) is 35.7 Å². The highest BCUT2D eigenvalue weighted by Crippen LogP contribution is 2.31. The molecule has 0 aliphatic rings. The lowest BCUT2D eigenvalue weighted by Gasteiger charge is -2.18. The molecule has 114 valence electrons. The van der Waals surface area contributed by atoms with Crippen LogP contribution < -0.4 is 5.73 Å². The van der Waals surface area contributed by atoms with Gasteiger partial charge < -0.3 is 5.73 Å². The molecule has 0 fully saturated rings. The zero-order valence-corrected chi connectivity index (χ0v) is 12.9. The van der Waals surface area contributed by atoms with E-state index in [0.29, 0.717) is 0 Å². The summed E-state index contributed by atoms with van der Waals surface area (Å²) in [5, 5.41) is 4.73. The van der Waals surface area contributed by atoms with Crippen LogP contribution in [0.25, 0.3) is 22.5 Å². The Hall–Kier alpha value is -2.76. The summed E-state index contributed by atoms with van der Waals surface area (Å²) in [4.78, 5) is 12.4. The summed E-state index contributed by atoms with van der Waals surface area (Å²) in [5.74, 6) is 0.248. The highest BCUT2D eigenvalue weighted by atomic mass is 15.3. The van der Waals surface area contributed by atoms with E-state index < -0.39 is 0 Å². The number of nitrogen functional groups attached to an aromatic ring is 1. The highest BCUT2D eigenvalue weighted by Gasteiger charge is 2.20. The van der Waals surface area contributed by atoms with Crippen molar-refractivity contribution in [2.75, 3.05) is 5.73 Å². The van der Waals surface area contributed by atoms with Crippen molar-refractivity contribution in [2.24, 2.45) is 0 Å². The standard InChI is InChI=1S/C16H18N6.H2/c1-16(2,3)22-10-12(13-6-8-19-15(17)20-13)14(21-22)11-5-4-7-18-9-11;/h4-10H,1-3H3,(H2,17,19,20);1H. The van der Waals surface area contributed by atoms with Gasteiger partial charge in [-0.05, 0) is 39.0 Å². The third-order valence-electron chi connectivity index (χ3n) is 3.29. The van der Waals surface area contributed by atoms with Gasteiger partial charge in [0.05, 0.1) is 11.2 Å². The zero-order valence-electron chi connectivity index (χ0n) is 12.9. The molecule has 0 unspecified atom stereocenters. The Balaban J connectivity index is 0.00000192. The van der Waals surface area contributed by atoms with E-state index in [-0.39, 0.29) is 12.9 Å². The molecular formula is C16H20N6. The minimum atomic E-state index is -0.131. The number of hydrogen-bond acceptors (Lipinski definition) is 5. The van der Waals surface area contributed by atoms with Crippen LogP contribution >= 0.6 is 0 Å². The SMILES string of the molecule is CC(C)(C)n1cc(-c2ccnc(N)n2)c(-c2cccnc2)n1.[HH]. The number of rotatable bonds is 2. The Labute approximate surface area is 130 Å². The molecule has 22 heavy (non-hydrogen) atoms. The molecular weight excluding hydrogens is 276 g/mol. The molecule has 0 aromatic carbocycles. The molecule has 6 nitrogen and oxygen atoms in total. The number of nitrogens with zero attached hydrogens (tertiary/aromatic N) is 5. The molecule has 0 amide bonds. The molecule has 0 saturated carbocycles. The summed E-state index contributed by atoms with van der Waals surface area (Å²) in [6.07, 6.45) is 7.18. The van der Waals surface area contributed by atoms with Crippen LogP contribution in [-0.4, -0.2) is 24.7 Å². The van der Waals surface area contributed by atoms with Gasteiger partial charge in [-0.2, -0.15) is 5.10 Å². The van der Waals surface area contributed by atoms with Gasteiger partial charge >= 0.3 is 0 Å². The second-order valence-corrected chi connectivity index (χ2v) is 6.05. The molecule has 0 radical (unpaired) electrons. The molecule has 0 saturated heterocycles. The number of aromatic nitrogens is 5. The van der Waals surface area contributed by atoms with E-state index >= 15 is 0 Å². The van der Waals surface area contributed by atoms with Gasteiger partial charge in [0.15, 0.2) is 0 Å². The van der Waals surface area contributed by atoms with E-state index in [4.69, 9.17) is 10.8 Å². The maximum atomic E-state index is 5.72. The molecule has 0 atom stereocenters. The zero-order chi connectivity index (χ0) is 15.7. The van der Waals surface area contributed by atoms with Gasteiger partial charge in [0.1, 0.15) is 5.69 Å². The molecule has 3 aromatic rings. The van der Waals surface area contributed by atoms with Crippen LogP contribution in [-0.2, 0) is 5.54 Å². The summed E-state index contributed by atoms with van der Waals surface area (Å²) in [6.45, 7) is 6.31. The number of anilines is 1. The Morgan fingerprint density at radius 3 is 2.64 bits per heavy atom. The van der Waals surface area contributed by atoms with Gasteiger partial charge in [0.2, 0.25) is 5.95 Å². The first kappa shape index (κ1) is 14.2. The Bertz CT molecular complexity index is 792. The third kappa shape index (κ3) is 2.67. The van der Waals surface area contributed by atoms with Gasteiger partial charge in [-0.3, -0.25) is 9.67 Å². The van der Waals surface area contributed by atoms with Crippen LogP contribution in [0.5, 0.6) is 0 Å². The lowest BCUT2D eigenvalue weighted by molar-refractivity contribution is 0.356. The van der Waals surface area contributed by atoms with E-state index in [1.54, 1.807) is 18.6 Å². The fourth-order valence-corrected chi connectivity index (χ4v) is 2.14. The van der Waals surface area contributed by atoms with Crippen molar-refractivity contribution in [2.45, 2.75) is 26.3 Å². The highest BCUT2D eigenvalue weighted by molar-refractivity contribution is 5.78. The molecule has 6 heteroatoms. The first-order valence-electron chi connectivity index (χ1n) is 7.04. The van der Waals surface area contributed by atoms with Gasteiger partial charge in [-0.15, -0.1) is 0 Å². The van der Waals surface area contributed by atoms with Crippen LogP contribution in [0.15, 0.2) is 43.0 Å². The smallest absolute Gasteiger partial charge is 0.220 e. The second kappa shape index (κ2) is 5.22.